The average Bonchev–Trinajstić information content (AvgIpc) is 2.64. The van der Waals surface area contributed by atoms with Crippen molar-refractivity contribution in [2.45, 2.75) is 44.2 Å². The zero-order chi connectivity index (χ0) is 14.2. The van der Waals surface area contributed by atoms with Gasteiger partial charge >= 0.3 is 6.03 Å². The number of imide groups is 1. The Balaban J connectivity index is 1.80. The zero-order valence-electron chi connectivity index (χ0n) is 11.3. The summed E-state index contributed by atoms with van der Waals surface area (Å²) < 4.78 is 0. The monoisotopic (exact) mass is 274 g/mol. The Bertz CT molecular complexity index is 552. The van der Waals surface area contributed by atoms with Gasteiger partial charge < -0.3 is 11.1 Å². The van der Waals surface area contributed by atoms with E-state index in [9.17, 15) is 9.59 Å². The second-order valence-corrected chi connectivity index (χ2v) is 5.54. The minimum atomic E-state index is -0.671. The fraction of sp³-hybridized carbons (Fsp3) is 0.500. The molecule has 3 amide bonds. The summed E-state index contributed by atoms with van der Waals surface area (Å²) in [4.78, 5) is 30.1. The first kappa shape index (κ1) is 12.9. The maximum atomic E-state index is 12.6. The summed E-state index contributed by atoms with van der Waals surface area (Å²) in [5.74, 6) is -0.119. The van der Waals surface area contributed by atoms with E-state index >= 15 is 0 Å². The number of nitrogens with zero attached hydrogens (tertiary/aromatic N) is 2. The van der Waals surface area contributed by atoms with Crippen molar-refractivity contribution >= 4 is 17.6 Å². The van der Waals surface area contributed by atoms with E-state index in [4.69, 9.17) is 5.73 Å². The van der Waals surface area contributed by atoms with Crippen molar-refractivity contribution in [1.29, 1.82) is 0 Å². The van der Waals surface area contributed by atoms with E-state index in [2.05, 4.69) is 10.3 Å². The van der Waals surface area contributed by atoms with Crippen molar-refractivity contribution in [1.82, 2.24) is 15.2 Å². The van der Waals surface area contributed by atoms with E-state index in [-0.39, 0.29) is 18.5 Å². The van der Waals surface area contributed by atoms with Crippen LogP contribution in [0.3, 0.4) is 0 Å². The van der Waals surface area contributed by atoms with Crippen LogP contribution in [0.25, 0.3) is 0 Å². The molecule has 2 fully saturated rings. The topological polar surface area (TPSA) is 88.3 Å². The lowest BCUT2D eigenvalue weighted by Crippen LogP contribution is -2.48. The van der Waals surface area contributed by atoms with Crippen LogP contribution < -0.4 is 11.1 Å². The smallest absolute Gasteiger partial charge is 0.325 e. The van der Waals surface area contributed by atoms with Crippen LogP contribution in [0.2, 0.25) is 0 Å². The summed E-state index contributed by atoms with van der Waals surface area (Å²) in [7, 11) is 0. The first-order chi connectivity index (χ1) is 9.61. The Kier molecular flexibility index (Phi) is 3.08. The van der Waals surface area contributed by atoms with E-state index in [0.717, 1.165) is 32.1 Å². The molecule has 1 spiro atoms. The van der Waals surface area contributed by atoms with Gasteiger partial charge in [0, 0.05) is 11.9 Å². The highest BCUT2D eigenvalue weighted by molar-refractivity contribution is 6.07. The van der Waals surface area contributed by atoms with Gasteiger partial charge in [0.15, 0.2) is 0 Å². The zero-order valence-corrected chi connectivity index (χ0v) is 11.3. The third-order valence-corrected chi connectivity index (χ3v) is 4.11. The van der Waals surface area contributed by atoms with Crippen molar-refractivity contribution < 1.29 is 9.59 Å². The largest absolute Gasteiger partial charge is 0.399 e. The number of nitrogen functional groups attached to an aromatic ring is 1. The van der Waals surface area contributed by atoms with Gasteiger partial charge in [-0.3, -0.25) is 14.7 Å². The molecule has 0 radical (unpaired) electrons. The van der Waals surface area contributed by atoms with Gasteiger partial charge in [0.05, 0.1) is 12.2 Å². The van der Waals surface area contributed by atoms with Crippen LogP contribution in [0.4, 0.5) is 10.5 Å². The molecule has 0 atom stereocenters. The molecule has 6 nitrogen and oxygen atoms in total. The molecule has 0 unspecified atom stereocenters. The second kappa shape index (κ2) is 4.77. The number of nitrogens with two attached hydrogens (primary N) is 1. The molecule has 0 bridgehead atoms. The summed E-state index contributed by atoms with van der Waals surface area (Å²) >= 11 is 0. The van der Waals surface area contributed by atoms with Crippen molar-refractivity contribution in [3.05, 3.63) is 24.0 Å². The Morgan fingerprint density at radius 3 is 2.75 bits per heavy atom. The third kappa shape index (κ3) is 2.11. The highest BCUT2D eigenvalue weighted by Gasteiger charge is 2.51. The molecule has 2 heterocycles. The number of amides is 3. The summed E-state index contributed by atoms with van der Waals surface area (Å²) in [6.07, 6.45) is 6.14. The molecular formula is C14H18N4O2. The van der Waals surface area contributed by atoms with Crippen molar-refractivity contribution in [2.75, 3.05) is 5.73 Å². The highest BCUT2D eigenvalue weighted by atomic mass is 16.2. The summed E-state index contributed by atoms with van der Waals surface area (Å²) in [5.41, 5.74) is 6.23. The summed E-state index contributed by atoms with van der Waals surface area (Å²) in [5, 5.41) is 2.88. The number of nitrogens with one attached hydrogen (secondary N) is 1. The van der Waals surface area contributed by atoms with E-state index in [1.165, 1.54) is 4.90 Å². The fourth-order valence-corrected chi connectivity index (χ4v) is 3.06. The van der Waals surface area contributed by atoms with Gasteiger partial charge in [0.2, 0.25) is 0 Å². The van der Waals surface area contributed by atoms with E-state index in [1.807, 2.05) is 0 Å². The van der Waals surface area contributed by atoms with Crippen LogP contribution in [0.5, 0.6) is 0 Å². The van der Waals surface area contributed by atoms with Gasteiger partial charge in [0.25, 0.3) is 5.91 Å². The molecule has 1 saturated heterocycles. The Morgan fingerprint density at radius 2 is 2.05 bits per heavy atom. The Labute approximate surface area is 117 Å². The third-order valence-electron chi connectivity index (χ3n) is 4.11. The number of aromatic nitrogens is 1. The van der Waals surface area contributed by atoms with Crippen molar-refractivity contribution in [2.24, 2.45) is 0 Å². The van der Waals surface area contributed by atoms with Crippen LogP contribution in [-0.4, -0.2) is 27.4 Å². The minimum Gasteiger partial charge on any atom is -0.399 e. The molecule has 106 valence electrons. The summed E-state index contributed by atoms with van der Waals surface area (Å²) in [6.45, 7) is 0.178. The number of hydrogen-bond acceptors (Lipinski definition) is 4. The Morgan fingerprint density at radius 1 is 1.30 bits per heavy atom. The first-order valence-corrected chi connectivity index (χ1v) is 6.95. The molecule has 20 heavy (non-hydrogen) atoms. The molecule has 3 rings (SSSR count). The molecule has 6 heteroatoms. The lowest BCUT2D eigenvalue weighted by Gasteiger charge is -2.30. The number of urea groups is 1. The maximum absolute atomic E-state index is 12.6. The second-order valence-electron chi connectivity index (χ2n) is 5.54. The predicted molar refractivity (Wildman–Crippen MR) is 73.5 cm³/mol. The van der Waals surface area contributed by atoms with Gasteiger partial charge in [-0.15, -0.1) is 0 Å². The SMILES string of the molecule is Nc1ccnc(CN2C(=O)NC3(CCCCC3)C2=O)c1. The van der Waals surface area contributed by atoms with Crippen LogP contribution in [0, 0.1) is 0 Å². The fourth-order valence-electron chi connectivity index (χ4n) is 3.06. The van der Waals surface area contributed by atoms with Crippen LogP contribution in [-0.2, 0) is 11.3 Å². The van der Waals surface area contributed by atoms with Crippen molar-refractivity contribution in [3.8, 4) is 0 Å². The van der Waals surface area contributed by atoms with Crippen LogP contribution >= 0.6 is 0 Å². The quantitative estimate of drug-likeness (QED) is 0.798. The molecule has 1 aromatic rings. The van der Waals surface area contributed by atoms with Gasteiger partial charge in [-0.25, -0.2) is 4.79 Å². The molecule has 3 N–H and O–H groups in total. The number of carbonyl (C=O) groups excluding carboxylic acids is 2. The number of anilines is 1. The van der Waals surface area contributed by atoms with Gasteiger partial charge in [-0.2, -0.15) is 0 Å². The number of hydrogen-bond donors (Lipinski definition) is 2. The molecule has 2 aliphatic rings. The van der Waals surface area contributed by atoms with Crippen LogP contribution in [0.1, 0.15) is 37.8 Å². The Hall–Kier alpha value is -2.11. The number of pyridine rings is 1. The van der Waals surface area contributed by atoms with Crippen molar-refractivity contribution in [3.63, 3.8) is 0 Å². The highest BCUT2D eigenvalue weighted by Crippen LogP contribution is 2.34. The molecule has 1 saturated carbocycles. The number of carbonyl (C=O) groups is 2. The normalized spacial score (nSPS) is 21.3. The maximum Gasteiger partial charge on any atom is 0.325 e. The molecule has 1 aliphatic heterocycles. The standard InChI is InChI=1S/C14H18N4O2/c15-10-4-7-16-11(8-10)9-18-12(19)14(17-13(18)20)5-2-1-3-6-14/h4,7-8H,1-3,5-6,9H2,(H2,15,16)(H,17,20). The first-order valence-electron chi connectivity index (χ1n) is 6.95. The number of rotatable bonds is 2. The van der Waals surface area contributed by atoms with E-state index in [0.29, 0.717) is 11.4 Å². The van der Waals surface area contributed by atoms with Gasteiger partial charge in [0.1, 0.15) is 5.54 Å². The molecular weight excluding hydrogens is 256 g/mol. The lowest BCUT2D eigenvalue weighted by atomic mass is 9.82. The lowest BCUT2D eigenvalue weighted by molar-refractivity contribution is -0.132. The predicted octanol–water partition coefficient (Wildman–Crippen LogP) is 1.42. The van der Waals surface area contributed by atoms with E-state index < -0.39 is 5.54 Å². The minimum absolute atomic E-state index is 0.119. The molecule has 1 aliphatic carbocycles. The molecule has 1 aromatic heterocycles. The van der Waals surface area contributed by atoms with Gasteiger partial charge in [-0.1, -0.05) is 19.3 Å². The summed E-state index contributed by atoms with van der Waals surface area (Å²) in [6, 6.07) is 3.05. The average molecular weight is 274 g/mol. The molecule has 0 aromatic carbocycles. The van der Waals surface area contributed by atoms with E-state index in [1.54, 1.807) is 18.3 Å². The van der Waals surface area contributed by atoms with Crippen LogP contribution in [0.15, 0.2) is 18.3 Å². The van der Waals surface area contributed by atoms with Gasteiger partial charge in [-0.05, 0) is 25.0 Å².